The highest BCUT2D eigenvalue weighted by Gasteiger charge is 2.56. The van der Waals surface area contributed by atoms with E-state index in [9.17, 15) is 15.0 Å². The largest absolute Gasteiger partial charge is 0.550 e. The van der Waals surface area contributed by atoms with E-state index >= 15 is 0 Å². The molecule has 4 heteroatoms. The van der Waals surface area contributed by atoms with Crippen molar-refractivity contribution < 1.29 is 19.7 Å². The Morgan fingerprint density at radius 2 is 1.43 bits per heavy atom. The Hall–Kier alpha value is -2.17. The van der Waals surface area contributed by atoms with E-state index in [2.05, 4.69) is 0 Å². The first-order valence-corrected chi connectivity index (χ1v) is 9.77. The number of aliphatic carboxylic acids is 1. The van der Waals surface area contributed by atoms with Gasteiger partial charge in [-0.1, -0.05) is 59.7 Å². The zero-order valence-electron chi connectivity index (χ0n) is 17.3. The van der Waals surface area contributed by atoms with Crippen LogP contribution in [0.2, 0.25) is 0 Å². The molecule has 150 valence electrons. The van der Waals surface area contributed by atoms with Crippen LogP contribution in [0.15, 0.2) is 48.5 Å². The summed E-state index contributed by atoms with van der Waals surface area (Å²) in [7, 11) is 0. The Balaban J connectivity index is 2.15. The zero-order valence-corrected chi connectivity index (χ0v) is 17.3. The van der Waals surface area contributed by atoms with Gasteiger partial charge >= 0.3 is 0 Å². The van der Waals surface area contributed by atoms with Crippen molar-refractivity contribution in [2.24, 2.45) is 5.92 Å². The van der Waals surface area contributed by atoms with Crippen molar-refractivity contribution in [3.05, 3.63) is 70.8 Å². The average molecular weight is 381 g/mol. The van der Waals surface area contributed by atoms with Crippen molar-refractivity contribution in [1.82, 2.24) is 0 Å². The second-order valence-corrected chi connectivity index (χ2v) is 8.79. The zero-order chi connectivity index (χ0) is 20.7. The van der Waals surface area contributed by atoms with E-state index in [1.54, 1.807) is 13.8 Å². The fourth-order valence-corrected chi connectivity index (χ4v) is 4.49. The Bertz CT molecular complexity index is 806. The van der Waals surface area contributed by atoms with Crippen LogP contribution in [0.5, 0.6) is 0 Å². The molecule has 0 bridgehead atoms. The van der Waals surface area contributed by atoms with Crippen LogP contribution in [0.1, 0.15) is 55.9 Å². The number of rotatable bonds is 4. The van der Waals surface area contributed by atoms with Gasteiger partial charge in [0.25, 0.3) is 0 Å². The van der Waals surface area contributed by atoms with Gasteiger partial charge in [-0.15, -0.1) is 0 Å². The third kappa shape index (κ3) is 3.36. The predicted octanol–water partition coefficient (Wildman–Crippen LogP) is 3.25. The molecule has 0 unspecified atom stereocenters. The topological polar surface area (TPSA) is 69.6 Å². The summed E-state index contributed by atoms with van der Waals surface area (Å²) in [4.78, 5) is 11.6. The van der Waals surface area contributed by atoms with Crippen LogP contribution in [0, 0.1) is 19.8 Å². The molecule has 2 aromatic rings. The molecular formula is C24H29O4-. The van der Waals surface area contributed by atoms with Gasteiger partial charge in [0.15, 0.2) is 0 Å². The summed E-state index contributed by atoms with van der Waals surface area (Å²) in [6, 6.07) is 15.5. The second-order valence-electron chi connectivity index (χ2n) is 8.79. The van der Waals surface area contributed by atoms with Gasteiger partial charge in [0.2, 0.25) is 0 Å². The van der Waals surface area contributed by atoms with Crippen LogP contribution < -0.4 is 5.11 Å². The van der Waals surface area contributed by atoms with Crippen molar-refractivity contribution in [3.8, 4) is 0 Å². The molecule has 0 saturated carbocycles. The molecule has 3 rings (SSSR count). The van der Waals surface area contributed by atoms with E-state index in [4.69, 9.17) is 4.74 Å². The molecule has 28 heavy (non-hydrogen) atoms. The normalized spacial score (nSPS) is 24.7. The number of carbonyl (C=O) groups excluding carboxylic acids is 1. The highest BCUT2D eigenvalue weighted by molar-refractivity contribution is 5.69. The van der Waals surface area contributed by atoms with Gasteiger partial charge in [-0.2, -0.15) is 0 Å². The Labute approximate surface area is 167 Å². The van der Waals surface area contributed by atoms with E-state index < -0.39 is 28.7 Å². The van der Waals surface area contributed by atoms with Crippen LogP contribution in [0.4, 0.5) is 0 Å². The van der Waals surface area contributed by atoms with Crippen LogP contribution >= 0.6 is 0 Å². The number of ether oxygens (including phenoxy) is 1. The molecule has 0 radical (unpaired) electrons. The van der Waals surface area contributed by atoms with E-state index in [0.717, 1.165) is 22.3 Å². The first-order valence-electron chi connectivity index (χ1n) is 9.77. The third-order valence-corrected chi connectivity index (χ3v) is 6.23. The maximum absolute atomic E-state index is 12.2. The van der Waals surface area contributed by atoms with Crippen molar-refractivity contribution in [2.75, 3.05) is 0 Å². The number of benzene rings is 2. The molecule has 4 nitrogen and oxygen atoms in total. The number of carboxylic acid groups (broad SMARTS) is 1. The molecule has 1 aliphatic rings. The minimum absolute atomic E-state index is 0.381. The van der Waals surface area contributed by atoms with Gasteiger partial charge < -0.3 is 19.7 Å². The molecule has 0 amide bonds. The summed E-state index contributed by atoms with van der Waals surface area (Å²) in [6.07, 6.45) is 0.777. The van der Waals surface area contributed by atoms with Gasteiger partial charge in [-0.25, -0.2) is 0 Å². The van der Waals surface area contributed by atoms with E-state index in [1.807, 2.05) is 69.3 Å². The van der Waals surface area contributed by atoms with E-state index in [-0.39, 0.29) is 0 Å². The molecule has 1 saturated heterocycles. The summed E-state index contributed by atoms with van der Waals surface area (Å²) < 4.78 is 6.40. The van der Waals surface area contributed by atoms with Gasteiger partial charge in [0.1, 0.15) is 11.2 Å². The molecule has 2 aromatic carbocycles. The van der Waals surface area contributed by atoms with Crippen molar-refractivity contribution in [2.45, 2.75) is 64.3 Å². The summed E-state index contributed by atoms with van der Waals surface area (Å²) in [5.74, 6) is -1.83. The van der Waals surface area contributed by atoms with E-state index in [0.29, 0.717) is 12.8 Å². The molecule has 1 aliphatic heterocycles. The van der Waals surface area contributed by atoms with Gasteiger partial charge in [-0.05, 0) is 58.6 Å². The third-order valence-electron chi connectivity index (χ3n) is 6.23. The quantitative estimate of drug-likeness (QED) is 0.883. The predicted molar refractivity (Wildman–Crippen MR) is 107 cm³/mol. The lowest BCUT2D eigenvalue weighted by atomic mass is 9.67. The number of carbonyl (C=O) groups is 1. The van der Waals surface area contributed by atoms with Crippen molar-refractivity contribution >= 4 is 5.97 Å². The molecule has 1 heterocycles. The molecule has 0 aromatic heterocycles. The van der Waals surface area contributed by atoms with Crippen LogP contribution in [-0.4, -0.2) is 22.3 Å². The molecular weight excluding hydrogens is 352 g/mol. The monoisotopic (exact) mass is 381 g/mol. The average Bonchev–Trinajstić information content (AvgIpc) is 2.61. The van der Waals surface area contributed by atoms with E-state index in [1.165, 1.54) is 0 Å². The summed E-state index contributed by atoms with van der Waals surface area (Å²) >= 11 is 0. The molecule has 0 aliphatic carbocycles. The first kappa shape index (κ1) is 20.6. The van der Waals surface area contributed by atoms with Gasteiger partial charge in [-0.3, -0.25) is 0 Å². The Kier molecular flexibility index (Phi) is 5.15. The van der Waals surface area contributed by atoms with Crippen molar-refractivity contribution in [1.29, 1.82) is 0 Å². The van der Waals surface area contributed by atoms with Crippen molar-refractivity contribution in [3.63, 3.8) is 0 Å². The second kappa shape index (κ2) is 7.02. The summed E-state index contributed by atoms with van der Waals surface area (Å²) in [5, 5.41) is 23.8. The van der Waals surface area contributed by atoms with Gasteiger partial charge in [0.05, 0.1) is 5.60 Å². The smallest absolute Gasteiger partial charge is 0.143 e. The number of carboxylic acids is 1. The fourth-order valence-electron chi connectivity index (χ4n) is 4.49. The maximum Gasteiger partial charge on any atom is 0.143 e. The fraction of sp³-hybridized carbons (Fsp3) is 0.458. The number of aryl methyl sites for hydroxylation is 2. The highest BCUT2D eigenvalue weighted by Crippen LogP contribution is 2.51. The molecule has 1 fully saturated rings. The van der Waals surface area contributed by atoms with Crippen LogP contribution in [0.3, 0.4) is 0 Å². The Morgan fingerprint density at radius 1 is 1.00 bits per heavy atom. The lowest BCUT2D eigenvalue weighted by Crippen LogP contribution is -2.62. The minimum Gasteiger partial charge on any atom is -0.550 e. The van der Waals surface area contributed by atoms with Crippen LogP contribution in [0.25, 0.3) is 0 Å². The lowest BCUT2D eigenvalue weighted by molar-refractivity contribution is -0.330. The summed E-state index contributed by atoms with van der Waals surface area (Å²) in [6.45, 7) is 9.40. The standard InChI is InChI=1S/C24H30O4/c1-16-6-10-18(11-7-16)24(27,19-12-8-17(2)9-13-19)23(5)15-14-20(21(25)26)22(3,4)28-23/h6-13,20,27H,14-15H2,1-5H3,(H,25,26)/p-1/t20-,23-/m1/s1. The first-order chi connectivity index (χ1) is 13.0. The molecule has 0 spiro atoms. The Morgan fingerprint density at radius 3 is 1.79 bits per heavy atom. The lowest BCUT2D eigenvalue weighted by Gasteiger charge is -2.55. The SMILES string of the molecule is Cc1ccc(C(O)(c2ccc(C)cc2)[C@@]2(C)CC[C@H](C(=O)[O-])C(C)(C)O2)cc1. The summed E-state index contributed by atoms with van der Waals surface area (Å²) in [5.41, 5.74) is 0.258. The molecule has 2 atom stereocenters. The highest BCUT2D eigenvalue weighted by atomic mass is 16.5. The number of aliphatic hydroxyl groups is 1. The van der Waals surface area contributed by atoms with Gasteiger partial charge in [0, 0.05) is 11.9 Å². The number of hydrogen-bond donors (Lipinski definition) is 1. The van der Waals surface area contributed by atoms with Crippen LogP contribution in [-0.2, 0) is 15.1 Å². The molecule has 1 N–H and O–H groups in total. The maximum atomic E-state index is 12.2. The number of hydrogen-bond acceptors (Lipinski definition) is 4. The minimum atomic E-state index is -1.43.